The van der Waals surface area contributed by atoms with Gasteiger partial charge in [-0.05, 0) is 78.4 Å². The number of nitriles is 1. The van der Waals surface area contributed by atoms with Crippen molar-refractivity contribution in [3.05, 3.63) is 192 Å². The number of para-hydroxylation sites is 1. The third-order valence-corrected chi connectivity index (χ3v) is 12.2. The van der Waals surface area contributed by atoms with Gasteiger partial charge in [0.2, 0.25) is 0 Å². The van der Waals surface area contributed by atoms with Crippen LogP contribution in [0.2, 0.25) is 0 Å². The fourth-order valence-electron chi connectivity index (χ4n) is 9.55. The molecule has 278 valence electrons. The van der Waals surface area contributed by atoms with Crippen LogP contribution in [0.1, 0.15) is 78.9 Å². The summed E-state index contributed by atoms with van der Waals surface area (Å²) >= 11 is 0. The number of allylic oxidation sites excluding steroid dienone is 11. The number of hydrogen-bond donors (Lipinski definition) is 0. The Balaban J connectivity index is 1.12. The van der Waals surface area contributed by atoms with Crippen LogP contribution in [0.4, 0.5) is 0 Å². The molecule has 1 fully saturated rings. The van der Waals surface area contributed by atoms with Gasteiger partial charge in [-0.3, -0.25) is 0 Å². The standard InChI is InChI=1S/C52H44N4O/c1-4-13-35(6-3)36-20-22-38(23-21-36)50-54-48(55-51(56-50)39-24-27-42-41-15-8-9-18-46(41)57-47(42)32-39)28-25-37(14-5-2)40-16-12-17-44-49(40)43-26-19-34(33-53)31-45(43)52(44)29-10-7-11-30-52/h4-6,8-9,12-28,31-32,35,40,49H,2-3,7,10-11,29-30H2,1H3/b13-4-,28-25+,37-14+. The van der Waals surface area contributed by atoms with Gasteiger partial charge in [-0.25, -0.2) is 15.0 Å². The van der Waals surface area contributed by atoms with Crippen molar-refractivity contribution in [2.45, 2.75) is 56.3 Å². The Kier molecular flexibility index (Phi) is 9.56. The summed E-state index contributed by atoms with van der Waals surface area (Å²) in [5, 5.41) is 12.0. The molecule has 5 nitrogen and oxygen atoms in total. The first-order chi connectivity index (χ1) is 28.0. The van der Waals surface area contributed by atoms with E-state index in [1.54, 1.807) is 0 Å². The maximum atomic E-state index is 9.89. The molecule has 2 heterocycles. The van der Waals surface area contributed by atoms with Crippen LogP contribution in [-0.2, 0) is 5.41 Å². The van der Waals surface area contributed by atoms with Crippen molar-refractivity contribution in [2.24, 2.45) is 5.92 Å². The van der Waals surface area contributed by atoms with Crippen molar-refractivity contribution in [3.63, 3.8) is 0 Å². The third kappa shape index (κ3) is 6.42. The lowest BCUT2D eigenvalue weighted by Crippen LogP contribution is -2.30. The lowest BCUT2D eigenvalue weighted by molar-refractivity contribution is 0.338. The summed E-state index contributed by atoms with van der Waals surface area (Å²) in [7, 11) is 0. The molecular formula is C52H44N4O. The third-order valence-electron chi connectivity index (χ3n) is 12.2. The van der Waals surface area contributed by atoms with E-state index in [-0.39, 0.29) is 23.2 Å². The topological polar surface area (TPSA) is 75.6 Å². The number of aromatic nitrogens is 3. The number of rotatable bonds is 9. The summed E-state index contributed by atoms with van der Waals surface area (Å²) in [6.07, 6.45) is 27.1. The van der Waals surface area contributed by atoms with Crippen LogP contribution in [0.15, 0.2) is 168 Å². The summed E-state index contributed by atoms with van der Waals surface area (Å²) in [6.45, 7) is 10.2. The molecule has 0 bridgehead atoms. The van der Waals surface area contributed by atoms with Crippen molar-refractivity contribution in [1.82, 2.24) is 15.0 Å². The van der Waals surface area contributed by atoms with Crippen molar-refractivity contribution in [3.8, 4) is 28.8 Å². The zero-order valence-electron chi connectivity index (χ0n) is 32.2. The highest BCUT2D eigenvalue weighted by Gasteiger charge is 2.50. The molecule has 0 amide bonds. The van der Waals surface area contributed by atoms with E-state index < -0.39 is 0 Å². The van der Waals surface area contributed by atoms with Crippen LogP contribution in [0.25, 0.3) is 50.8 Å². The SMILES string of the molecule is C=C/C=C(\C=C\c1nc(-c2ccc(C(C=C)/C=C\C)cc2)nc(-c2ccc3c(c2)oc2ccccc23)n1)C1C=CC=C2C1c1ccc(C#N)cc1C21CCCCC1. The van der Waals surface area contributed by atoms with Gasteiger partial charge in [0.05, 0.1) is 11.6 Å². The Morgan fingerprint density at radius 1 is 0.877 bits per heavy atom. The summed E-state index contributed by atoms with van der Waals surface area (Å²) in [5.41, 5.74) is 10.5. The lowest BCUT2D eigenvalue weighted by atomic mass is 9.64. The minimum absolute atomic E-state index is 0.0237. The predicted octanol–water partition coefficient (Wildman–Crippen LogP) is 13.1. The second-order valence-electron chi connectivity index (χ2n) is 15.4. The van der Waals surface area contributed by atoms with Gasteiger partial charge in [0, 0.05) is 45.1 Å². The molecule has 6 aromatic rings. The first-order valence-electron chi connectivity index (χ1n) is 20.0. The summed E-state index contributed by atoms with van der Waals surface area (Å²) in [5.74, 6) is 2.09. The normalized spacial score (nSPS) is 19.2. The fraction of sp³-hybridized carbons (Fsp3) is 0.192. The highest BCUT2D eigenvalue weighted by molar-refractivity contribution is 6.05. The quantitative estimate of drug-likeness (QED) is 0.109. The van der Waals surface area contributed by atoms with Crippen molar-refractivity contribution >= 4 is 28.0 Å². The van der Waals surface area contributed by atoms with E-state index in [2.05, 4.69) is 116 Å². The maximum Gasteiger partial charge on any atom is 0.164 e. The summed E-state index contributed by atoms with van der Waals surface area (Å²) < 4.78 is 6.27. The molecule has 3 aliphatic carbocycles. The molecule has 1 saturated carbocycles. The number of hydrogen-bond acceptors (Lipinski definition) is 5. The van der Waals surface area contributed by atoms with Crippen molar-refractivity contribution < 1.29 is 4.42 Å². The molecule has 2 aromatic heterocycles. The van der Waals surface area contributed by atoms with Crippen LogP contribution >= 0.6 is 0 Å². The van der Waals surface area contributed by atoms with Gasteiger partial charge in [0.15, 0.2) is 17.5 Å². The maximum absolute atomic E-state index is 9.89. The Labute approximate surface area is 334 Å². The Bertz CT molecular complexity index is 2740. The molecule has 5 heteroatoms. The van der Waals surface area contributed by atoms with Crippen LogP contribution in [-0.4, -0.2) is 15.0 Å². The second-order valence-corrected chi connectivity index (χ2v) is 15.4. The van der Waals surface area contributed by atoms with Gasteiger partial charge in [0.25, 0.3) is 0 Å². The highest BCUT2D eigenvalue weighted by atomic mass is 16.3. The molecule has 3 aliphatic rings. The number of furan rings is 1. The van der Waals surface area contributed by atoms with Crippen LogP contribution in [0.3, 0.4) is 0 Å². The molecule has 9 rings (SSSR count). The average molecular weight is 741 g/mol. The largest absolute Gasteiger partial charge is 0.456 e. The molecule has 4 aromatic carbocycles. The van der Waals surface area contributed by atoms with Gasteiger partial charge in [-0.2, -0.15) is 5.26 Å². The minimum Gasteiger partial charge on any atom is -0.456 e. The fourth-order valence-corrected chi connectivity index (χ4v) is 9.55. The number of fused-ring (bicyclic) bond motifs is 8. The molecule has 0 N–H and O–H groups in total. The highest BCUT2D eigenvalue weighted by Crippen LogP contribution is 2.61. The molecule has 0 saturated heterocycles. The van der Waals surface area contributed by atoms with Gasteiger partial charge in [0.1, 0.15) is 11.2 Å². The smallest absolute Gasteiger partial charge is 0.164 e. The van der Waals surface area contributed by atoms with Gasteiger partial charge < -0.3 is 4.42 Å². The monoisotopic (exact) mass is 740 g/mol. The molecule has 0 aliphatic heterocycles. The van der Waals surface area contributed by atoms with E-state index >= 15 is 0 Å². The van der Waals surface area contributed by atoms with Crippen LogP contribution in [0, 0.1) is 17.2 Å². The van der Waals surface area contributed by atoms with Gasteiger partial charge >= 0.3 is 0 Å². The van der Waals surface area contributed by atoms with Crippen molar-refractivity contribution in [1.29, 1.82) is 5.26 Å². The van der Waals surface area contributed by atoms with Crippen LogP contribution in [0.5, 0.6) is 0 Å². The van der Waals surface area contributed by atoms with Gasteiger partial charge in [-0.1, -0.05) is 141 Å². The second kappa shape index (κ2) is 15.1. The van der Waals surface area contributed by atoms with E-state index in [0.29, 0.717) is 17.5 Å². The lowest BCUT2D eigenvalue weighted by Gasteiger charge is -2.39. The zero-order chi connectivity index (χ0) is 38.9. The van der Waals surface area contributed by atoms with E-state index in [1.807, 2.05) is 55.5 Å². The first kappa shape index (κ1) is 36.0. The Morgan fingerprint density at radius 3 is 2.42 bits per heavy atom. The molecular weight excluding hydrogens is 697 g/mol. The molecule has 3 atom stereocenters. The van der Waals surface area contributed by atoms with E-state index in [0.717, 1.165) is 62.6 Å². The molecule has 3 unspecified atom stereocenters. The molecule has 0 radical (unpaired) electrons. The number of benzene rings is 4. The van der Waals surface area contributed by atoms with E-state index in [1.165, 1.54) is 36.0 Å². The zero-order valence-corrected chi connectivity index (χ0v) is 32.2. The minimum atomic E-state index is -0.0237. The Hall–Kier alpha value is -6.64. The first-order valence-corrected chi connectivity index (χ1v) is 20.0. The number of nitrogens with zero attached hydrogens (tertiary/aromatic N) is 4. The Morgan fingerprint density at radius 2 is 1.65 bits per heavy atom. The van der Waals surface area contributed by atoms with E-state index in [9.17, 15) is 5.26 Å². The summed E-state index contributed by atoms with van der Waals surface area (Å²) in [6, 6.07) is 31.4. The average Bonchev–Trinajstić information content (AvgIpc) is 3.76. The molecule has 57 heavy (non-hydrogen) atoms. The van der Waals surface area contributed by atoms with Crippen LogP contribution < -0.4 is 0 Å². The van der Waals surface area contributed by atoms with Gasteiger partial charge in [-0.15, -0.1) is 6.58 Å². The summed E-state index contributed by atoms with van der Waals surface area (Å²) in [4.78, 5) is 15.1. The van der Waals surface area contributed by atoms with Crippen molar-refractivity contribution in [2.75, 3.05) is 0 Å². The predicted molar refractivity (Wildman–Crippen MR) is 232 cm³/mol. The molecule has 1 spiro atoms. The van der Waals surface area contributed by atoms with E-state index in [4.69, 9.17) is 19.4 Å².